The Morgan fingerprint density at radius 3 is 2.67 bits per heavy atom. The summed E-state index contributed by atoms with van der Waals surface area (Å²) < 4.78 is 5.51. The maximum atomic E-state index is 12.0. The fraction of sp³-hybridized carbons (Fsp3) is 0.385. The number of hydrogen-bond acceptors (Lipinski definition) is 4. The van der Waals surface area contributed by atoms with Crippen LogP contribution in [-0.2, 0) is 9.53 Å². The molecule has 1 aromatic carbocycles. The number of hydrogen-bond donors (Lipinski definition) is 1. The zero-order valence-corrected chi connectivity index (χ0v) is 12.2. The molecule has 1 N–H and O–H groups in total. The molecule has 0 unspecified atom stereocenters. The molecular weight excluding hydrogens is 298 g/mol. The smallest absolute Gasteiger partial charge is 0.322 e. The molecule has 0 aromatic heterocycles. The van der Waals surface area contributed by atoms with Crippen molar-refractivity contribution in [2.45, 2.75) is 19.9 Å². The Bertz CT molecular complexity index is 460. The lowest BCUT2D eigenvalue weighted by Crippen LogP contribution is -2.38. The van der Waals surface area contributed by atoms with Gasteiger partial charge in [-0.05, 0) is 37.6 Å². The third kappa shape index (κ3) is 3.92. The Kier molecular flexibility index (Phi) is 5.50. The van der Waals surface area contributed by atoms with Gasteiger partial charge in [0, 0.05) is 10.0 Å². The Labute approximate surface area is 115 Å². The van der Waals surface area contributed by atoms with Crippen LogP contribution in [0.5, 0.6) is 0 Å². The van der Waals surface area contributed by atoms with Crippen molar-refractivity contribution in [3.63, 3.8) is 0 Å². The summed E-state index contributed by atoms with van der Waals surface area (Å²) in [5, 5.41) is 2.84. The molecule has 4 nitrogen and oxygen atoms in total. The second-order valence-electron chi connectivity index (χ2n) is 4.01. The normalized spacial score (nSPS) is 12.0. The highest BCUT2D eigenvalue weighted by Crippen LogP contribution is 2.16. The second kappa shape index (κ2) is 6.66. The monoisotopic (exact) mass is 313 g/mol. The molecule has 0 bridgehead atoms. The first-order valence-electron chi connectivity index (χ1n) is 5.56. The minimum absolute atomic E-state index is 0.0456. The third-order valence-electron chi connectivity index (χ3n) is 2.61. The van der Waals surface area contributed by atoms with E-state index < -0.39 is 6.04 Å². The number of Topliss-reactive ketones (excluding diaryl/α,β-unsaturated/α-hetero) is 1. The van der Waals surface area contributed by atoms with Gasteiger partial charge in [-0.3, -0.25) is 14.9 Å². The van der Waals surface area contributed by atoms with E-state index in [0.29, 0.717) is 5.56 Å². The lowest BCUT2D eigenvalue weighted by Gasteiger charge is -2.11. The average Bonchev–Trinajstić information content (AvgIpc) is 2.34. The van der Waals surface area contributed by atoms with Crippen LogP contribution in [0.3, 0.4) is 0 Å². The van der Waals surface area contributed by atoms with E-state index in [0.717, 1.165) is 10.0 Å². The maximum Gasteiger partial charge on any atom is 0.322 e. The van der Waals surface area contributed by atoms with Gasteiger partial charge in [0.2, 0.25) is 0 Å². The topological polar surface area (TPSA) is 55.4 Å². The number of ether oxygens (including phenoxy) is 1. The van der Waals surface area contributed by atoms with Crippen molar-refractivity contribution in [3.8, 4) is 0 Å². The van der Waals surface area contributed by atoms with Crippen LogP contribution in [0.4, 0.5) is 0 Å². The molecule has 0 aliphatic heterocycles. The zero-order chi connectivity index (χ0) is 13.7. The van der Waals surface area contributed by atoms with Crippen molar-refractivity contribution >= 4 is 27.7 Å². The van der Waals surface area contributed by atoms with Crippen LogP contribution in [0.2, 0.25) is 0 Å². The van der Waals surface area contributed by atoms with Crippen LogP contribution in [-0.4, -0.2) is 31.4 Å². The highest BCUT2D eigenvalue weighted by molar-refractivity contribution is 9.10. The van der Waals surface area contributed by atoms with E-state index in [-0.39, 0.29) is 18.3 Å². The van der Waals surface area contributed by atoms with Crippen LogP contribution in [0.15, 0.2) is 22.7 Å². The zero-order valence-electron chi connectivity index (χ0n) is 10.6. The van der Waals surface area contributed by atoms with Gasteiger partial charge >= 0.3 is 5.97 Å². The predicted octanol–water partition coefficient (Wildman–Crippen LogP) is 2.09. The van der Waals surface area contributed by atoms with Gasteiger partial charge < -0.3 is 4.74 Å². The van der Waals surface area contributed by atoms with Gasteiger partial charge in [-0.25, -0.2) is 0 Å². The van der Waals surface area contributed by atoms with Gasteiger partial charge in [0.05, 0.1) is 13.7 Å². The van der Waals surface area contributed by atoms with E-state index in [1.165, 1.54) is 7.11 Å². The molecule has 0 saturated heterocycles. The van der Waals surface area contributed by atoms with Crippen molar-refractivity contribution in [2.24, 2.45) is 0 Å². The molecule has 0 amide bonds. The van der Waals surface area contributed by atoms with Crippen molar-refractivity contribution in [1.29, 1.82) is 0 Å². The van der Waals surface area contributed by atoms with Gasteiger partial charge in [-0.2, -0.15) is 0 Å². The maximum absolute atomic E-state index is 12.0. The molecule has 5 heteroatoms. The van der Waals surface area contributed by atoms with Gasteiger partial charge in [0.25, 0.3) is 0 Å². The summed E-state index contributed by atoms with van der Waals surface area (Å²) in [7, 11) is 1.32. The lowest BCUT2D eigenvalue weighted by atomic mass is 10.0. The fourth-order valence-electron chi connectivity index (χ4n) is 1.54. The quantitative estimate of drug-likeness (QED) is 0.668. The number of benzene rings is 1. The number of aryl methyl sites for hydroxylation is 1. The number of esters is 1. The molecule has 98 valence electrons. The number of carbonyl (C=O) groups is 2. The molecule has 0 heterocycles. The molecule has 0 aliphatic rings. The van der Waals surface area contributed by atoms with Crippen molar-refractivity contribution in [1.82, 2.24) is 5.32 Å². The number of rotatable bonds is 5. The number of carbonyl (C=O) groups excluding carboxylic acids is 2. The summed E-state index contributed by atoms with van der Waals surface area (Å²) in [6.07, 6.45) is 0. The molecule has 1 atom stereocenters. The number of ketones is 1. The van der Waals surface area contributed by atoms with E-state index in [9.17, 15) is 9.59 Å². The Morgan fingerprint density at radius 2 is 2.11 bits per heavy atom. The van der Waals surface area contributed by atoms with Gasteiger partial charge in [-0.15, -0.1) is 0 Å². The molecule has 1 aromatic rings. The van der Waals surface area contributed by atoms with Crippen LogP contribution < -0.4 is 5.32 Å². The highest BCUT2D eigenvalue weighted by atomic mass is 79.9. The van der Waals surface area contributed by atoms with Crippen molar-refractivity contribution < 1.29 is 14.3 Å². The molecule has 1 rings (SSSR count). The molecule has 0 fully saturated rings. The average molecular weight is 314 g/mol. The van der Waals surface area contributed by atoms with E-state index >= 15 is 0 Å². The highest BCUT2D eigenvalue weighted by Gasteiger charge is 2.15. The van der Waals surface area contributed by atoms with Gasteiger partial charge in [0.15, 0.2) is 5.78 Å². The lowest BCUT2D eigenvalue weighted by molar-refractivity contribution is -0.142. The van der Waals surface area contributed by atoms with E-state index in [4.69, 9.17) is 0 Å². The van der Waals surface area contributed by atoms with Crippen molar-refractivity contribution in [3.05, 3.63) is 33.8 Å². The number of halogens is 1. The largest absolute Gasteiger partial charge is 0.468 e. The summed E-state index contributed by atoms with van der Waals surface area (Å²) in [5.74, 6) is -0.425. The molecule has 0 saturated carbocycles. The fourth-order valence-corrected chi connectivity index (χ4v) is 2.02. The second-order valence-corrected chi connectivity index (χ2v) is 4.92. The molecule has 0 radical (unpaired) electrons. The summed E-state index contributed by atoms with van der Waals surface area (Å²) in [4.78, 5) is 23.1. The number of nitrogens with one attached hydrogen (secondary N) is 1. The first-order valence-corrected chi connectivity index (χ1v) is 6.35. The first kappa shape index (κ1) is 14.9. The van der Waals surface area contributed by atoms with Gasteiger partial charge in [-0.1, -0.05) is 15.9 Å². The van der Waals surface area contributed by atoms with E-state index in [1.54, 1.807) is 13.0 Å². The summed E-state index contributed by atoms with van der Waals surface area (Å²) in [6.45, 7) is 3.65. The summed E-state index contributed by atoms with van der Waals surface area (Å²) in [6, 6.07) is 4.99. The van der Waals surface area contributed by atoms with Crippen molar-refractivity contribution in [2.75, 3.05) is 13.7 Å². The molecule has 0 aliphatic carbocycles. The molecular formula is C13H16BrNO3. The standard InChI is InChI=1S/C13H16BrNO3/c1-8-6-10(14)4-5-11(8)12(16)7-15-9(2)13(17)18-3/h4-6,9,15H,7H2,1-3H3/t9-/m0/s1. The SMILES string of the molecule is COC(=O)[C@H](C)NCC(=O)c1ccc(Br)cc1C. The Morgan fingerprint density at radius 1 is 1.44 bits per heavy atom. The minimum atomic E-state index is -0.491. The Balaban J connectivity index is 2.63. The molecule has 18 heavy (non-hydrogen) atoms. The third-order valence-corrected chi connectivity index (χ3v) is 3.11. The molecule has 0 spiro atoms. The number of methoxy groups -OCH3 is 1. The Hall–Kier alpha value is -1.20. The van der Waals surface area contributed by atoms with Crippen LogP contribution >= 0.6 is 15.9 Å². The summed E-state index contributed by atoms with van der Waals surface area (Å²) >= 11 is 3.35. The van der Waals surface area contributed by atoms with Gasteiger partial charge in [0.1, 0.15) is 6.04 Å². The van der Waals surface area contributed by atoms with E-state index in [1.807, 2.05) is 19.1 Å². The summed E-state index contributed by atoms with van der Waals surface area (Å²) in [5.41, 5.74) is 1.56. The van der Waals surface area contributed by atoms with Crippen LogP contribution in [0, 0.1) is 6.92 Å². The van der Waals surface area contributed by atoms with E-state index in [2.05, 4.69) is 26.0 Å². The minimum Gasteiger partial charge on any atom is -0.468 e. The van der Waals surface area contributed by atoms with Crippen LogP contribution in [0.25, 0.3) is 0 Å². The van der Waals surface area contributed by atoms with Crippen LogP contribution in [0.1, 0.15) is 22.8 Å². The first-order chi connectivity index (χ1) is 8.45. The predicted molar refractivity (Wildman–Crippen MR) is 72.7 cm³/mol.